The van der Waals surface area contributed by atoms with Crippen molar-refractivity contribution in [3.63, 3.8) is 0 Å². The van der Waals surface area contributed by atoms with E-state index in [-0.39, 0.29) is 36.0 Å². The predicted octanol–water partition coefficient (Wildman–Crippen LogP) is 3.08. The minimum Gasteiger partial charge on any atom is -0.340 e. The van der Waals surface area contributed by atoms with Crippen molar-refractivity contribution in [1.29, 1.82) is 0 Å². The maximum absolute atomic E-state index is 13.5. The van der Waals surface area contributed by atoms with Crippen molar-refractivity contribution < 1.29 is 23.3 Å². The number of halogens is 1. The molecule has 2 saturated heterocycles. The lowest BCUT2D eigenvalue weighted by Crippen LogP contribution is -2.54. The number of urea groups is 1. The molecule has 10 heteroatoms. The van der Waals surface area contributed by atoms with Gasteiger partial charge in [0.15, 0.2) is 0 Å². The Morgan fingerprint density at radius 2 is 2.12 bits per heavy atom. The van der Waals surface area contributed by atoms with Gasteiger partial charge in [-0.15, -0.1) is 0 Å². The number of amides is 4. The number of carbonyl (C=O) groups excluding carboxylic acids is 3. The summed E-state index contributed by atoms with van der Waals surface area (Å²) in [6.45, 7) is 2.60. The van der Waals surface area contributed by atoms with E-state index in [4.69, 9.17) is 4.52 Å². The van der Waals surface area contributed by atoms with Gasteiger partial charge >= 0.3 is 6.03 Å². The Morgan fingerprint density at radius 3 is 2.91 bits per heavy atom. The van der Waals surface area contributed by atoms with Crippen molar-refractivity contribution >= 4 is 17.8 Å². The number of imide groups is 1. The average molecular weight is 470 g/mol. The van der Waals surface area contributed by atoms with Gasteiger partial charge in [0.05, 0.1) is 5.92 Å². The molecule has 3 heterocycles. The number of piperidine rings is 1. The van der Waals surface area contributed by atoms with Crippen LogP contribution < -0.4 is 5.32 Å². The minimum atomic E-state index is -0.878. The number of nitrogens with one attached hydrogen (secondary N) is 1. The molecule has 2 aliphatic heterocycles. The summed E-state index contributed by atoms with van der Waals surface area (Å²) in [7, 11) is 0. The second-order valence-corrected chi connectivity index (χ2v) is 9.59. The molecule has 1 N–H and O–H groups in total. The first-order valence-electron chi connectivity index (χ1n) is 11.9. The molecule has 0 bridgehead atoms. The fourth-order valence-electron chi connectivity index (χ4n) is 5.43. The van der Waals surface area contributed by atoms with Gasteiger partial charge < -0.3 is 14.7 Å². The zero-order valence-corrected chi connectivity index (χ0v) is 19.1. The SMILES string of the molecule is CC1CCCCC12NC(=O)N(CC(=O)N1CCCC(c3nc(-c4cccc(F)c4)no3)C1)C2=O. The van der Waals surface area contributed by atoms with E-state index in [0.717, 1.165) is 37.0 Å². The monoisotopic (exact) mass is 469 g/mol. The van der Waals surface area contributed by atoms with Crippen LogP contribution in [0.15, 0.2) is 28.8 Å². The highest BCUT2D eigenvalue weighted by Crippen LogP contribution is 2.38. The van der Waals surface area contributed by atoms with Crippen LogP contribution in [0.4, 0.5) is 9.18 Å². The summed E-state index contributed by atoms with van der Waals surface area (Å²) >= 11 is 0. The molecule has 1 aromatic heterocycles. The molecule has 3 atom stereocenters. The molecule has 1 saturated carbocycles. The van der Waals surface area contributed by atoms with E-state index in [1.807, 2.05) is 6.92 Å². The van der Waals surface area contributed by atoms with Crippen molar-refractivity contribution in [1.82, 2.24) is 25.3 Å². The number of nitrogens with zero attached hydrogens (tertiary/aromatic N) is 4. The predicted molar refractivity (Wildman–Crippen MR) is 119 cm³/mol. The number of benzene rings is 1. The highest BCUT2D eigenvalue weighted by molar-refractivity contribution is 6.09. The van der Waals surface area contributed by atoms with Crippen LogP contribution >= 0.6 is 0 Å². The zero-order valence-electron chi connectivity index (χ0n) is 19.1. The average Bonchev–Trinajstić information content (AvgIpc) is 3.41. The third-order valence-electron chi connectivity index (χ3n) is 7.44. The minimum absolute atomic E-state index is 0.0435. The summed E-state index contributed by atoms with van der Waals surface area (Å²) < 4.78 is 19.0. The van der Waals surface area contributed by atoms with E-state index in [1.165, 1.54) is 12.1 Å². The molecule has 3 aliphatic rings. The summed E-state index contributed by atoms with van der Waals surface area (Å²) in [5.41, 5.74) is -0.361. The Kier molecular flexibility index (Phi) is 5.83. The number of carbonyl (C=O) groups is 3. The molecule has 3 fully saturated rings. The fraction of sp³-hybridized carbons (Fsp3) is 0.542. The van der Waals surface area contributed by atoms with Crippen molar-refractivity contribution in [3.8, 4) is 11.4 Å². The van der Waals surface area contributed by atoms with Crippen LogP contribution in [0.1, 0.15) is 57.3 Å². The van der Waals surface area contributed by atoms with Crippen LogP contribution in [0.25, 0.3) is 11.4 Å². The van der Waals surface area contributed by atoms with Crippen LogP contribution in [-0.4, -0.2) is 63.0 Å². The largest absolute Gasteiger partial charge is 0.340 e. The molecule has 1 aromatic carbocycles. The lowest BCUT2D eigenvalue weighted by molar-refractivity contribution is -0.141. The number of likely N-dealkylation sites (tertiary alicyclic amines) is 1. The molecule has 3 unspecified atom stereocenters. The van der Waals surface area contributed by atoms with E-state index < -0.39 is 11.6 Å². The van der Waals surface area contributed by atoms with Crippen LogP contribution in [0.3, 0.4) is 0 Å². The van der Waals surface area contributed by atoms with Crippen molar-refractivity contribution in [2.75, 3.05) is 19.6 Å². The molecular weight excluding hydrogens is 441 g/mol. The zero-order chi connectivity index (χ0) is 23.9. The summed E-state index contributed by atoms with van der Waals surface area (Å²) in [4.78, 5) is 46.0. The summed E-state index contributed by atoms with van der Waals surface area (Å²) in [5, 5.41) is 6.86. The van der Waals surface area contributed by atoms with Crippen molar-refractivity contribution in [2.45, 2.75) is 56.9 Å². The third-order valence-corrected chi connectivity index (χ3v) is 7.44. The topological polar surface area (TPSA) is 109 Å². The maximum Gasteiger partial charge on any atom is 0.325 e. The lowest BCUT2D eigenvalue weighted by Gasteiger charge is -2.37. The Morgan fingerprint density at radius 1 is 1.26 bits per heavy atom. The Labute approximate surface area is 196 Å². The number of aromatic nitrogens is 2. The molecule has 9 nitrogen and oxygen atoms in total. The van der Waals surface area contributed by atoms with Crippen LogP contribution in [0.5, 0.6) is 0 Å². The highest BCUT2D eigenvalue weighted by Gasteiger charge is 2.55. The van der Waals surface area contributed by atoms with Gasteiger partial charge in [0, 0.05) is 18.7 Å². The standard InChI is InChI=1S/C24H28FN5O4/c1-15-6-2-3-10-24(15)22(32)30(23(33)27-24)14-19(31)29-11-5-8-17(13-29)21-26-20(28-34-21)16-7-4-9-18(25)12-16/h4,7,9,12,15,17H,2-3,5-6,8,10-11,13-14H2,1H3,(H,27,33). The smallest absolute Gasteiger partial charge is 0.325 e. The molecule has 180 valence electrons. The van der Waals surface area contributed by atoms with Crippen LogP contribution in [0, 0.1) is 11.7 Å². The first kappa shape index (κ1) is 22.5. The van der Waals surface area contributed by atoms with E-state index in [1.54, 1.807) is 17.0 Å². The van der Waals surface area contributed by atoms with Gasteiger partial charge in [-0.3, -0.25) is 14.5 Å². The van der Waals surface area contributed by atoms with Crippen molar-refractivity contribution in [3.05, 3.63) is 36.0 Å². The summed E-state index contributed by atoms with van der Waals surface area (Å²) in [6.07, 6.45) is 4.90. The van der Waals surface area contributed by atoms with E-state index in [0.29, 0.717) is 36.8 Å². The number of hydrogen-bond acceptors (Lipinski definition) is 6. The molecular formula is C24H28FN5O4. The van der Waals surface area contributed by atoms with E-state index in [9.17, 15) is 18.8 Å². The van der Waals surface area contributed by atoms with Crippen LogP contribution in [-0.2, 0) is 9.59 Å². The molecule has 5 rings (SSSR count). The number of rotatable bonds is 4. The highest BCUT2D eigenvalue weighted by atomic mass is 19.1. The van der Waals surface area contributed by atoms with Crippen LogP contribution in [0.2, 0.25) is 0 Å². The second-order valence-electron chi connectivity index (χ2n) is 9.59. The maximum atomic E-state index is 13.5. The first-order valence-corrected chi connectivity index (χ1v) is 11.9. The first-order chi connectivity index (χ1) is 16.4. The van der Waals surface area contributed by atoms with Crippen molar-refractivity contribution in [2.24, 2.45) is 5.92 Å². The molecule has 2 aromatic rings. The third kappa shape index (κ3) is 3.95. The van der Waals surface area contributed by atoms with Gasteiger partial charge in [-0.25, -0.2) is 9.18 Å². The van der Waals surface area contributed by atoms with E-state index in [2.05, 4.69) is 15.5 Å². The summed E-state index contributed by atoms with van der Waals surface area (Å²) in [6, 6.07) is 5.47. The van der Waals surface area contributed by atoms with Gasteiger partial charge in [0.2, 0.25) is 17.6 Å². The Hall–Kier alpha value is -3.30. The van der Waals surface area contributed by atoms with E-state index >= 15 is 0 Å². The van der Waals surface area contributed by atoms with Gasteiger partial charge in [-0.2, -0.15) is 4.98 Å². The Balaban J connectivity index is 1.25. The lowest BCUT2D eigenvalue weighted by atomic mass is 9.73. The quantitative estimate of drug-likeness (QED) is 0.690. The summed E-state index contributed by atoms with van der Waals surface area (Å²) in [5.74, 6) is -0.391. The Bertz CT molecular complexity index is 1120. The normalized spacial score (nSPS) is 27.4. The molecule has 4 amide bonds. The molecule has 34 heavy (non-hydrogen) atoms. The molecule has 0 radical (unpaired) electrons. The van der Waals surface area contributed by atoms with Gasteiger partial charge in [0.25, 0.3) is 5.91 Å². The van der Waals surface area contributed by atoms with Gasteiger partial charge in [0.1, 0.15) is 17.9 Å². The fourth-order valence-corrected chi connectivity index (χ4v) is 5.43. The second kappa shape index (κ2) is 8.81. The molecule has 1 aliphatic carbocycles. The van der Waals surface area contributed by atoms with Gasteiger partial charge in [-0.1, -0.05) is 37.1 Å². The molecule has 1 spiro atoms. The van der Waals surface area contributed by atoms with Gasteiger partial charge in [-0.05, 0) is 43.7 Å². The number of hydrogen-bond donors (Lipinski definition) is 1.